The van der Waals surface area contributed by atoms with Gasteiger partial charge in [0.2, 0.25) is 5.82 Å². The lowest BCUT2D eigenvalue weighted by Crippen LogP contribution is -2.20. The van der Waals surface area contributed by atoms with Gasteiger partial charge in [0.05, 0.1) is 6.61 Å². The van der Waals surface area contributed by atoms with Crippen LogP contribution in [0.5, 0.6) is 5.75 Å². The average molecular weight is 473 g/mol. The van der Waals surface area contributed by atoms with E-state index in [1.807, 2.05) is 19.1 Å². The summed E-state index contributed by atoms with van der Waals surface area (Å²) in [6.07, 6.45) is 10.9. The van der Waals surface area contributed by atoms with Gasteiger partial charge < -0.3 is 4.74 Å². The van der Waals surface area contributed by atoms with Gasteiger partial charge in [0.25, 0.3) is 0 Å². The minimum atomic E-state index is -0.847. The lowest BCUT2D eigenvalue weighted by atomic mass is 9.77. The molecule has 4 rings (SSSR count). The highest BCUT2D eigenvalue weighted by Crippen LogP contribution is 2.41. The van der Waals surface area contributed by atoms with E-state index in [1.54, 1.807) is 18.2 Å². The average Bonchev–Trinajstić information content (AvgIpc) is 2.86. The lowest BCUT2D eigenvalue weighted by Gasteiger charge is -2.30. The van der Waals surface area contributed by atoms with Crippen molar-refractivity contribution in [3.8, 4) is 5.75 Å². The summed E-state index contributed by atoms with van der Waals surface area (Å²) in [5, 5.41) is 0. The molecule has 2 aliphatic carbocycles. The monoisotopic (exact) mass is 472 g/mol. The van der Waals surface area contributed by atoms with Crippen LogP contribution in [0, 0.1) is 29.3 Å². The number of aryl methyl sites for hydroxylation is 1. The van der Waals surface area contributed by atoms with Gasteiger partial charge in [-0.15, -0.1) is 0 Å². The summed E-state index contributed by atoms with van der Waals surface area (Å²) in [5.41, 5.74) is 2.34. The Morgan fingerprint density at radius 1 is 0.735 bits per heavy atom. The summed E-state index contributed by atoms with van der Waals surface area (Å²) in [6.45, 7) is 4.61. The van der Waals surface area contributed by atoms with Gasteiger partial charge in [-0.3, -0.25) is 0 Å². The maximum atomic E-state index is 14.9. The van der Waals surface area contributed by atoms with Crippen LogP contribution in [0.15, 0.2) is 30.3 Å². The fourth-order valence-electron chi connectivity index (χ4n) is 6.11. The number of hydrogen-bond acceptors (Lipinski definition) is 1. The number of ether oxygens (including phenoxy) is 1. The highest BCUT2D eigenvalue weighted by Gasteiger charge is 2.28. The predicted molar refractivity (Wildman–Crippen MR) is 132 cm³/mol. The second-order valence-electron chi connectivity index (χ2n) is 10.5. The Bertz CT molecular complexity index is 940. The topological polar surface area (TPSA) is 9.23 Å². The fourth-order valence-corrected chi connectivity index (χ4v) is 6.11. The molecule has 0 heterocycles. The van der Waals surface area contributed by atoms with Gasteiger partial charge in [-0.1, -0.05) is 44.9 Å². The first-order chi connectivity index (χ1) is 16.5. The van der Waals surface area contributed by atoms with Gasteiger partial charge in [0.15, 0.2) is 11.6 Å². The molecule has 0 bridgehead atoms. The second-order valence-corrected chi connectivity index (χ2v) is 10.5. The third kappa shape index (κ3) is 5.80. The standard InChI is InChI=1S/C30H39F3O/c1-3-5-21-6-11-24(12-7-21)26-16-17-28(30(33)29(26)32)34-19-22-8-13-23(14-9-22)25-15-10-20(4-2)18-27(25)31/h10,15-18,21-24H,3-9,11-14,19H2,1-2H3. The van der Waals surface area contributed by atoms with Crippen molar-refractivity contribution in [1.82, 2.24) is 0 Å². The molecule has 0 saturated heterocycles. The van der Waals surface area contributed by atoms with E-state index in [0.717, 1.165) is 74.8 Å². The Kier molecular flexibility index (Phi) is 8.60. The van der Waals surface area contributed by atoms with E-state index < -0.39 is 11.6 Å². The van der Waals surface area contributed by atoms with Crippen molar-refractivity contribution in [1.29, 1.82) is 0 Å². The smallest absolute Gasteiger partial charge is 0.200 e. The van der Waals surface area contributed by atoms with Crippen LogP contribution in [-0.2, 0) is 6.42 Å². The minimum absolute atomic E-state index is 0.0178. The van der Waals surface area contributed by atoms with Crippen LogP contribution in [0.1, 0.15) is 107 Å². The molecule has 2 saturated carbocycles. The fraction of sp³-hybridized carbons (Fsp3) is 0.600. The molecule has 2 aromatic carbocycles. The molecule has 4 heteroatoms. The molecule has 34 heavy (non-hydrogen) atoms. The number of hydrogen-bond donors (Lipinski definition) is 0. The molecule has 0 radical (unpaired) electrons. The van der Waals surface area contributed by atoms with E-state index in [0.29, 0.717) is 12.2 Å². The Labute approximate surface area is 203 Å². The van der Waals surface area contributed by atoms with Crippen LogP contribution >= 0.6 is 0 Å². The largest absolute Gasteiger partial charge is 0.490 e. The van der Waals surface area contributed by atoms with Crippen molar-refractivity contribution < 1.29 is 17.9 Å². The maximum absolute atomic E-state index is 14.9. The Balaban J connectivity index is 1.29. The van der Waals surface area contributed by atoms with E-state index in [2.05, 4.69) is 6.92 Å². The van der Waals surface area contributed by atoms with Crippen molar-refractivity contribution in [3.05, 3.63) is 64.5 Å². The maximum Gasteiger partial charge on any atom is 0.200 e. The summed E-state index contributed by atoms with van der Waals surface area (Å²) >= 11 is 0. The molecule has 0 N–H and O–H groups in total. The molecule has 0 aliphatic heterocycles. The third-order valence-corrected chi connectivity index (χ3v) is 8.29. The van der Waals surface area contributed by atoms with Crippen LogP contribution < -0.4 is 4.74 Å². The molecule has 0 spiro atoms. The van der Waals surface area contributed by atoms with Crippen LogP contribution in [0.4, 0.5) is 13.2 Å². The van der Waals surface area contributed by atoms with Gasteiger partial charge in [0.1, 0.15) is 5.82 Å². The molecule has 0 amide bonds. The molecule has 2 fully saturated rings. The lowest BCUT2D eigenvalue weighted by molar-refractivity contribution is 0.191. The zero-order valence-corrected chi connectivity index (χ0v) is 20.7. The first-order valence-corrected chi connectivity index (χ1v) is 13.4. The van der Waals surface area contributed by atoms with Crippen molar-refractivity contribution in [2.45, 2.75) is 96.3 Å². The second kappa shape index (κ2) is 11.6. The molecule has 186 valence electrons. The highest BCUT2D eigenvalue weighted by atomic mass is 19.2. The normalized spacial score (nSPS) is 25.3. The van der Waals surface area contributed by atoms with Gasteiger partial charge in [-0.05, 0) is 110 Å². The van der Waals surface area contributed by atoms with Crippen LogP contribution in [0.25, 0.3) is 0 Å². The Morgan fingerprint density at radius 2 is 1.35 bits per heavy atom. The van der Waals surface area contributed by atoms with Crippen molar-refractivity contribution >= 4 is 0 Å². The van der Waals surface area contributed by atoms with Gasteiger partial charge in [0, 0.05) is 0 Å². The summed E-state index contributed by atoms with van der Waals surface area (Å²) in [6, 6.07) is 8.96. The summed E-state index contributed by atoms with van der Waals surface area (Å²) < 4.78 is 50.0. The Hall–Kier alpha value is -1.97. The molecule has 0 unspecified atom stereocenters. The zero-order valence-electron chi connectivity index (χ0n) is 20.7. The minimum Gasteiger partial charge on any atom is -0.490 e. The Morgan fingerprint density at radius 3 is 1.97 bits per heavy atom. The molecule has 2 aromatic rings. The van der Waals surface area contributed by atoms with E-state index >= 15 is 0 Å². The molecular formula is C30H39F3O. The van der Waals surface area contributed by atoms with E-state index in [4.69, 9.17) is 4.74 Å². The first-order valence-electron chi connectivity index (χ1n) is 13.4. The van der Waals surface area contributed by atoms with E-state index in [-0.39, 0.29) is 29.3 Å². The van der Waals surface area contributed by atoms with Crippen molar-refractivity contribution in [2.75, 3.05) is 6.61 Å². The van der Waals surface area contributed by atoms with Crippen LogP contribution in [-0.4, -0.2) is 6.61 Å². The van der Waals surface area contributed by atoms with Crippen LogP contribution in [0.3, 0.4) is 0 Å². The molecule has 0 aromatic heterocycles. The SMILES string of the molecule is CCCC1CCC(c2ccc(OCC3CCC(c4ccc(CC)cc4F)CC3)c(F)c2F)CC1. The molecule has 2 aliphatic rings. The summed E-state index contributed by atoms with van der Waals surface area (Å²) in [4.78, 5) is 0. The molecule has 0 atom stereocenters. The van der Waals surface area contributed by atoms with E-state index in [9.17, 15) is 13.2 Å². The predicted octanol–water partition coefficient (Wildman–Crippen LogP) is 9.09. The van der Waals surface area contributed by atoms with Crippen LogP contribution in [0.2, 0.25) is 0 Å². The van der Waals surface area contributed by atoms with Crippen molar-refractivity contribution in [3.63, 3.8) is 0 Å². The highest BCUT2D eigenvalue weighted by molar-refractivity contribution is 5.33. The van der Waals surface area contributed by atoms with Gasteiger partial charge in [-0.25, -0.2) is 8.78 Å². The summed E-state index contributed by atoms with van der Waals surface area (Å²) in [5.74, 6) is -0.308. The number of rotatable bonds is 8. The van der Waals surface area contributed by atoms with Crippen molar-refractivity contribution in [2.24, 2.45) is 11.8 Å². The molecular weight excluding hydrogens is 433 g/mol. The van der Waals surface area contributed by atoms with Gasteiger partial charge in [-0.2, -0.15) is 4.39 Å². The third-order valence-electron chi connectivity index (χ3n) is 8.29. The first kappa shape index (κ1) is 25.1. The number of halogens is 3. The summed E-state index contributed by atoms with van der Waals surface area (Å²) in [7, 11) is 0. The van der Waals surface area contributed by atoms with Gasteiger partial charge >= 0.3 is 0 Å². The zero-order chi connectivity index (χ0) is 24.1. The molecule has 1 nitrogen and oxygen atoms in total. The van der Waals surface area contributed by atoms with E-state index in [1.165, 1.54) is 12.8 Å². The number of benzene rings is 2. The quantitative estimate of drug-likeness (QED) is 0.372.